The number of hydrogen-bond acceptors (Lipinski definition) is 6. The van der Waals surface area contributed by atoms with Gasteiger partial charge in [0.25, 0.3) is 0 Å². The van der Waals surface area contributed by atoms with Gasteiger partial charge in [-0.15, -0.1) is 0 Å². The van der Waals surface area contributed by atoms with Crippen molar-refractivity contribution in [3.63, 3.8) is 0 Å². The van der Waals surface area contributed by atoms with Crippen molar-refractivity contribution < 1.29 is 27.4 Å². The molecule has 0 aliphatic carbocycles. The molecule has 0 spiro atoms. The minimum absolute atomic E-state index is 0.209. The molecule has 0 fully saturated rings. The van der Waals surface area contributed by atoms with Crippen molar-refractivity contribution in [3.05, 3.63) is 83.9 Å². The first-order valence-electron chi connectivity index (χ1n) is 10.0. The number of anilines is 2. The lowest BCUT2D eigenvalue weighted by Crippen LogP contribution is -2.09. The van der Waals surface area contributed by atoms with Crippen molar-refractivity contribution in [2.75, 3.05) is 23.1 Å². The molecule has 1 aliphatic rings. The van der Waals surface area contributed by atoms with Gasteiger partial charge in [0, 0.05) is 23.5 Å². The summed E-state index contributed by atoms with van der Waals surface area (Å²) in [6.07, 6.45) is 4.14. The summed E-state index contributed by atoms with van der Waals surface area (Å²) in [6, 6.07) is 19.5. The van der Waals surface area contributed by atoms with Gasteiger partial charge < -0.3 is 19.5 Å². The van der Waals surface area contributed by atoms with E-state index in [4.69, 9.17) is 14.2 Å². The quantitative estimate of drug-likeness (QED) is 0.486. The average Bonchev–Trinajstić information content (AvgIpc) is 3.24. The number of fused-ring (bicyclic) bond motifs is 1. The van der Waals surface area contributed by atoms with E-state index in [-0.39, 0.29) is 12.7 Å². The molecule has 0 aromatic heterocycles. The molecule has 0 saturated heterocycles. The third-order valence-corrected chi connectivity index (χ3v) is 5.19. The second kappa shape index (κ2) is 9.66. The van der Waals surface area contributed by atoms with Gasteiger partial charge in [0.1, 0.15) is 12.4 Å². The van der Waals surface area contributed by atoms with Gasteiger partial charge in [-0.2, -0.15) is 0 Å². The molecule has 0 unspecified atom stereocenters. The van der Waals surface area contributed by atoms with Gasteiger partial charge in [-0.3, -0.25) is 9.52 Å². The Morgan fingerprint density at radius 1 is 1.00 bits per heavy atom. The number of nitrogens with one attached hydrogen (secondary N) is 2. The first-order valence-corrected chi connectivity index (χ1v) is 11.9. The molecule has 0 radical (unpaired) electrons. The summed E-state index contributed by atoms with van der Waals surface area (Å²) in [5, 5.41) is 2.82. The zero-order chi connectivity index (χ0) is 23.3. The van der Waals surface area contributed by atoms with Crippen LogP contribution < -0.4 is 24.2 Å². The van der Waals surface area contributed by atoms with Crippen LogP contribution in [0.15, 0.2) is 72.8 Å². The SMILES string of the molecule is CS(=O)(=O)Nc1ccc(C=CC(=O)Nc2cccc(COc3ccc4c(c3)OCO4)c2)cc1. The molecule has 0 saturated carbocycles. The fraction of sp³-hybridized carbons (Fsp3) is 0.125. The van der Waals surface area contributed by atoms with Crippen LogP contribution >= 0.6 is 0 Å². The minimum atomic E-state index is -3.33. The zero-order valence-corrected chi connectivity index (χ0v) is 18.6. The van der Waals surface area contributed by atoms with Crippen LogP contribution in [0.4, 0.5) is 11.4 Å². The Labute approximate surface area is 191 Å². The van der Waals surface area contributed by atoms with Crippen molar-refractivity contribution >= 4 is 33.4 Å². The lowest BCUT2D eigenvalue weighted by atomic mass is 10.2. The number of carbonyl (C=O) groups is 1. The fourth-order valence-corrected chi connectivity index (χ4v) is 3.67. The highest BCUT2D eigenvalue weighted by Crippen LogP contribution is 2.35. The molecular weight excluding hydrogens is 444 g/mol. The van der Waals surface area contributed by atoms with E-state index in [0.29, 0.717) is 35.2 Å². The summed E-state index contributed by atoms with van der Waals surface area (Å²) in [7, 11) is -3.33. The van der Waals surface area contributed by atoms with Crippen LogP contribution in [0.5, 0.6) is 17.2 Å². The summed E-state index contributed by atoms with van der Waals surface area (Å²) in [4.78, 5) is 12.3. The number of benzene rings is 3. The maximum Gasteiger partial charge on any atom is 0.248 e. The van der Waals surface area contributed by atoms with Crippen molar-refractivity contribution in [3.8, 4) is 17.2 Å². The normalized spacial score (nSPS) is 12.5. The van der Waals surface area contributed by atoms with Gasteiger partial charge in [-0.25, -0.2) is 8.42 Å². The predicted octanol–water partition coefficient (Wildman–Crippen LogP) is 4.02. The van der Waals surface area contributed by atoms with Crippen molar-refractivity contribution in [2.45, 2.75) is 6.61 Å². The summed E-state index contributed by atoms with van der Waals surface area (Å²) in [5.41, 5.74) is 2.75. The lowest BCUT2D eigenvalue weighted by Gasteiger charge is -2.09. The number of ether oxygens (including phenoxy) is 3. The first-order chi connectivity index (χ1) is 15.8. The molecule has 9 heteroatoms. The molecule has 33 heavy (non-hydrogen) atoms. The van der Waals surface area contributed by atoms with E-state index in [1.807, 2.05) is 24.3 Å². The maximum absolute atomic E-state index is 12.3. The molecule has 1 amide bonds. The van der Waals surface area contributed by atoms with Crippen molar-refractivity contribution in [2.24, 2.45) is 0 Å². The average molecular weight is 467 g/mol. The minimum Gasteiger partial charge on any atom is -0.489 e. The fourth-order valence-electron chi connectivity index (χ4n) is 3.10. The Kier molecular flexibility index (Phi) is 6.50. The van der Waals surface area contributed by atoms with E-state index in [1.165, 1.54) is 6.08 Å². The lowest BCUT2D eigenvalue weighted by molar-refractivity contribution is -0.111. The van der Waals surface area contributed by atoms with Crippen LogP contribution in [0.1, 0.15) is 11.1 Å². The topological polar surface area (TPSA) is 103 Å². The second-order valence-corrected chi connectivity index (χ2v) is 9.07. The number of carbonyl (C=O) groups excluding carboxylic acids is 1. The molecule has 170 valence electrons. The Hall–Kier alpha value is -3.98. The van der Waals surface area contributed by atoms with Crippen LogP contribution in [-0.2, 0) is 21.4 Å². The molecule has 3 aromatic rings. The number of hydrogen-bond donors (Lipinski definition) is 2. The molecule has 4 rings (SSSR count). The third kappa shape index (κ3) is 6.50. The molecule has 1 heterocycles. The van der Waals surface area contributed by atoms with E-state index in [2.05, 4.69) is 10.0 Å². The number of sulfonamides is 1. The molecule has 8 nitrogen and oxygen atoms in total. The highest BCUT2D eigenvalue weighted by Gasteiger charge is 2.13. The highest BCUT2D eigenvalue weighted by molar-refractivity contribution is 7.92. The van der Waals surface area contributed by atoms with E-state index >= 15 is 0 Å². The highest BCUT2D eigenvalue weighted by atomic mass is 32.2. The van der Waals surface area contributed by atoms with Crippen LogP contribution in [0.3, 0.4) is 0 Å². The van der Waals surface area contributed by atoms with Crippen LogP contribution in [0, 0.1) is 0 Å². The van der Waals surface area contributed by atoms with E-state index in [1.54, 1.807) is 48.5 Å². The van der Waals surface area contributed by atoms with E-state index in [0.717, 1.165) is 17.4 Å². The second-order valence-electron chi connectivity index (χ2n) is 7.32. The van der Waals surface area contributed by atoms with E-state index in [9.17, 15) is 13.2 Å². The van der Waals surface area contributed by atoms with Gasteiger partial charge in [-0.1, -0.05) is 24.3 Å². The smallest absolute Gasteiger partial charge is 0.248 e. The largest absolute Gasteiger partial charge is 0.489 e. The summed E-state index contributed by atoms with van der Waals surface area (Å²) in [5.74, 6) is 1.72. The Morgan fingerprint density at radius 2 is 1.79 bits per heavy atom. The molecule has 0 bridgehead atoms. The third-order valence-electron chi connectivity index (χ3n) is 4.59. The summed E-state index contributed by atoms with van der Waals surface area (Å²) < 4.78 is 41.4. The molecule has 0 atom stereocenters. The van der Waals surface area contributed by atoms with Gasteiger partial charge in [0.15, 0.2) is 11.5 Å². The Balaban J connectivity index is 1.31. The maximum atomic E-state index is 12.3. The first kappa shape index (κ1) is 22.2. The molecular formula is C24H22N2O6S. The van der Waals surface area contributed by atoms with Gasteiger partial charge in [-0.05, 0) is 53.6 Å². The van der Waals surface area contributed by atoms with Crippen molar-refractivity contribution in [1.29, 1.82) is 0 Å². The predicted molar refractivity (Wildman–Crippen MR) is 126 cm³/mol. The van der Waals surface area contributed by atoms with E-state index < -0.39 is 10.0 Å². The van der Waals surface area contributed by atoms with Gasteiger partial charge in [0.2, 0.25) is 22.7 Å². The number of amides is 1. The molecule has 1 aliphatic heterocycles. The zero-order valence-electron chi connectivity index (χ0n) is 17.8. The molecule has 2 N–H and O–H groups in total. The van der Waals surface area contributed by atoms with Crippen molar-refractivity contribution in [1.82, 2.24) is 0 Å². The summed E-state index contributed by atoms with van der Waals surface area (Å²) >= 11 is 0. The Morgan fingerprint density at radius 3 is 2.58 bits per heavy atom. The van der Waals surface area contributed by atoms with Crippen LogP contribution in [0.25, 0.3) is 6.08 Å². The van der Waals surface area contributed by atoms with Gasteiger partial charge in [0.05, 0.1) is 6.26 Å². The standard InChI is InChI=1S/C24H22N2O6S/c1-33(28,29)26-19-8-5-17(6-9-19)7-12-24(27)25-20-4-2-3-18(13-20)15-30-21-10-11-22-23(14-21)32-16-31-22/h2-14,26H,15-16H2,1H3,(H,25,27). The molecule has 3 aromatic carbocycles. The van der Waals surface area contributed by atoms with Crippen LogP contribution in [-0.4, -0.2) is 27.4 Å². The Bertz CT molecular complexity index is 1290. The summed E-state index contributed by atoms with van der Waals surface area (Å²) in [6.45, 7) is 0.535. The monoisotopic (exact) mass is 466 g/mol. The van der Waals surface area contributed by atoms with Crippen LogP contribution in [0.2, 0.25) is 0 Å². The van der Waals surface area contributed by atoms with Gasteiger partial charge >= 0.3 is 0 Å². The number of rotatable bonds is 8.